The number of amides is 1. The minimum absolute atomic E-state index is 0.0397. The van der Waals surface area contributed by atoms with Crippen molar-refractivity contribution in [1.82, 2.24) is 0 Å². The smallest absolute Gasteiger partial charge is 0.232 e. The average Bonchev–Trinajstić information content (AvgIpc) is 2.61. The number of rotatable bonds is 8. The molecule has 0 spiro atoms. The van der Waals surface area contributed by atoms with Gasteiger partial charge in [0.25, 0.3) is 0 Å². The van der Waals surface area contributed by atoms with Crippen molar-refractivity contribution < 1.29 is 22.0 Å². The second-order valence-electron chi connectivity index (χ2n) is 6.14. The highest BCUT2D eigenvalue weighted by Crippen LogP contribution is 2.20. The SMILES string of the molecule is CCc1ccc(N(CCCC(=O)Nc2ccc(F)c(F)c2)S(C)(=O)=O)cc1. The first-order valence-electron chi connectivity index (χ1n) is 8.52. The number of nitrogens with one attached hydrogen (secondary N) is 1. The lowest BCUT2D eigenvalue weighted by Crippen LogP contribution is -2.31. The number of nitrogens with zero attached hydrogens (tertiary/aromatic N) is 1. The number of hydrogen-bond acceptors (Lipinski definition) is 3. The third-order valence-electron chi connectivity index (χ3n) is 4.00. The Balaban J connectivity index is 1.96. The van der Waals surface area contributed by atoms with Crippen molar-refractivity contribution in [1.29, 1.82) is 0 Å². The lowest BCUT2D eigenvalue weighted by atomic mass is 10.1. The fourth-order valence-electron chi connectivity index (χ4n) is 2.56. The van der Waals surface area contributed by atoms with Crippen molar-refractivity contribution in [3.05, 3.63) is 59.7 Å². The van der Waals surface area contributed by atoms with Crippen LogP contribution in [-0.2, 0) is 21.2 Å². The summed E-state index contributed by atoms with van der Waals surface area (Å²) in [5.74, 6) is -2.45. The van der Waals surface area contributed by atoms with Crippen LogP contribution in [0.5, 0.6) is 0 Å². The molecule has 0 saturated heterocycles. The van der Waals surface area contributed by atoms with Crippen LogP contribution in [-0.4, -0.2) is 27.1 Å². The topological polar surface area (TPSA) is 66.5 Å². The summed E-state index contributed by atoms with van der Waals surface area (Å²) in [6.07, 6.45) is 2.28. The monoisotopic (exact) mass is 396 g/mol. The number of carbonyl (C=O) groups is 1. The predicted molar refractivity (Wildman–Crippen MR) is 102 cm³/mol. The Kier molecular flexibility index (Phi) is 6.90. The van der Waals surface area contributed by atoms with E-state index in [0.717, 1.165) is 30.4 Å². The highest BCUT2D eigenvalue weighted by Gasteiger charge is 2.17. The maximum absolute atomic E-state index is 13.2. The molecule has 0 aliphatic rings. The molecule has 2 aromatic carbocycles. The molecular weight excluding hydrogens is 374 g/mol. The minimum Gasteiger partial charge on any atom is -0.326 e. The van der Waals surface area contributed by atoms with Crippen LogP contribution >= 0.6 is 0 Å². The Morgan fingerprint density at radius 2 is 1.74 bits per heavy atom. The van der Waals surface area contributed by atoms with Gasteiger partial charge in [0.2, 0.25) is 15.9 Å². The normalized spacial score (nSPS) is 11.3. The largest absolute Gasteiger partial charge is 0.326 e. The third-order valence-corrected chi connectivity index (χ3v) is 5.20. The van der Waals surface area contributed by atoms with Crippen LogP contribution < -0.4 is 9.62 Å². The molecule has 0 bridgehead atoms. The van der Waals surface area contributed by atoms with Crippen LogP contribution in [0.25, 0.3) is 0 Å². The number of hydrogen-bond donors (Lipinski definition) is 1. The van der Waals surface area contributed by atoms with E-state index in [4.69, 9.17) is 0 Å². The summed E-state index contributed by atoms with van der Waals surface area (Å²) in [5, 5.41) is 2.46. The predicted octanol–water partition coefficient (Wildman–Crippen LogP) is 3.71. The molecule has 2 rings (SSSR count). The summed E-state index contributed by atoms with van der Waals surface area (Å²) in [5.41, 5.74) is 1.78. The van der Waals surface area contributed by atoms with E-state index >= 15 is 0 Å². The van der Waals surface area contributed by atoms with Gasteiger partial charge in [0.05, 0.1) is 11.9 Å². The average molecular weight is 396 g/mol. The van der Waals surface area contributed by atoms with E-state index in [1.54, 1.807) is 12.1 Å². The quantitative estimate of drug-likeness (QED) is 0.740. The number of benzene rings is 2. The van der Waals surface area contributed by atoms with Crippen molar-refractivity contribution in [2.45, 2.75) is 26.2 Å². The van der Waals surface area contributed by atoms with Crippen LogP contribution in [0, 0.1) is 11.6 Å². The molecule has 1 amide bonds. The van der Waals surface area contributed by atoms with E-state index in [1.165, 1.54) is 10.4 Å². The standard InChI is InChI=1S/C19H22F2N2O3S/c1-3-14-6-9-16(10-7-14)23(27(2,25)26)12-4-5-19(24)22-15-8-11-17(20)18(21)13-15/h6-11,13H,3-5,12H2,1-2H3,(H,22,24). The van der Waals surface area contributed by atoms with Gasteiger partial charge in [0.15, 0.2) is 11.6 Å². The van der Waals surface area contributed by atoms with E-state index in [1.807, 2.05) is 19.1 Å². The number of halogens is 2. The summed E-state index contributed by atoms with van der Waals surface area (Å²) in [6, 6.07) is 10.3. The molecule has 27 heavy (non-hydrogen) atoms. The molecule has 5 nitrogen and oxygen atoms in total. The van der Waals surface area contributed by atoms with Gasteiger partial charge in [-0.15, -0.1) is 0 Å². The van der Waals surface area contributed by atoms with Gasteiger partial charge in [-0.1, -0.05) is 19.1 Å². The van der Waals surface area contributed by atoms with Gasteiger partial charge in [-0.25, -0.2) is 17.2 Å². The first-order valence-corrected chi connectivity index (χ1v) is 10.4. The van der Waals surface area contributed by atoms with Crippen LogP contribution in [0.2, 0.25) is 0 Å². The Morgan fingerprint density at radius 1 is 1.07 bits per heavy atom. The van der Waals surface area contributed by atoms with E-state index in [2.05, 4.69) is 5.32 Å². The molecule has 2 aromatic rings. The molecule has 146 valence electrons. The second kappa shape index (κ2) is 8.94. The summed E-state index contributed by atoms with van der Waals surface area (Å²) >= 11 is 0. The zero-order valence-corrected chi connectivity index (χ0v) is 16.0. The van der Waals surface area contributed by atoms with Crippen LogP contribution in [0.15, 0.2) is 42.5 Å². The Bertz CT molecular complexity index is 900. The number of aryl methyl sites for hydroxylation is 1. The molecule has 0 aromatic heterocycles. The molecule has 0 fully saturated rings. The van der Waals surface area contributed by atoms with E-state index in [9.17, 15) is 22.0 Å². The van der Waals surface area contributed by atoms with Crippen LogP contribution in [0.4, 0.5) is 20.2 Å². The molecule has 1 N–H and O–H groups in total. The molecule has 0 atom stereocenters. The zero-order chi connectivity index (χ0) is 20.0. The van der Waals surface area contributed by atoms with Crippen molar-refractivity contribution in [2.75, 3.05) is 22.4 Å². The highest BCUT2D eigenvalue weighted by molar-refractivity contribution is 7.92. The number of carbonyl (C=O) groups excluding carboxylic acids is 1. The lowest BCUT2D eigenvalue weighted by Gasteiger charge is -2.22. The van der Waals surface area contributed by atoms with Crippen LogP contribution in [0.1, 0.15) is 25.3 Å². The van der Waals surface area contributed by atoms with Crippen molar-refractivity contribution in [3.63, 3.8) is 0 Å². The number of sulfonamides is 1. The van der Waals surface area contributed by atoms with Crippen molar-refractivity contribution in [2.24, 2.45) is 0 Å². The van der Waals surface area contributed by atoms with E-state index in [-0.39, 0.29) is 25.1 Å². The van der Waals surface area contributed by atoms with Crippen LogP contribution in [0.3, 0.4) is 0 Å². The molecule has 0 radical (unpaired) electrons. The van der Waals surface area contributed by atoms with Gasteiger partial charge in [0.1, 0.15) is 0 Å². The lowest BCUT2D eigenvalue weighted by molar-refractivity contribution is -0.116. The molecule has 0 aliphatic heterocycles. The Hall–Kier alpha value is -2.48. The molecular formula is C19H22F2N2O3S. The maximum atomic E-state index is 13.2. The van der Waals surface area contributed by atoms with Gasteiger partial charge in [-0.3, -0.25) is 9.10 Å². The molecule has 8 heteroatoms. The summed E-state index contributed by atoms with van der Waals surface area (Å²) in [7, 11) is -3.49. The summed E-state index contributed by atoms with van der Waals surface area (Å²) in [4.78, 5) is 12.0. The van der Waals surface area contributed by atoms with Crippen molar-refractivity contribution in [3.8, 4) is 0 Å². The summed E-state index contributed by atoms with van der Waals surface area (Å²) in [6.45, 7) is 2.14. The third kappa shape index (κ3) is 6.02. The zero-order valence-electron chi connectivity index (χ0n) is 15.2. The maximum Gasteiger partial charge on any atom is 0.232 e. The van der Waals surface area contributed by atoms with Gasteiger partial charge in [-0.05, 0) is 42.7 Å². The minimum atomic E-state index is -3.49. The summed E-state index contributed by atoms with van der Waals surface area (Å²) < 4.78 is 51.4. The van der Waals surface area contributed by atoms with Gasteiger partial charge in [-0.2, -0.15) is 0 Å². The molecule has 0 heterocycles. The molecule has 0 unspecified atom stereocenters. The Morgan fingerprint density at radius 3 is 2.30 bits per heavy atom. The fraction of sp³-hybridized carbons (Fsp3) is 0.316. The van der Waals surface area contributed by atoms with E-state index < -0.39 is 27.6 Å². The van der Waals surface area contributed by atoms with Crippen molar-refractivity contribution >= 4 is 27.3 Å². The first kappa shape index (κ1) is 20.8. The molecule has 0 saturated carbocycles. The van der Waals surface area contributed by atoms with Gasteiger partial charge < -0.3 is 5.32 Å². The highest BCUT2D eigenvalue weighted by atomic mass is 32.2. The number of anilines is 2. The van der Waals surface area contributed by atoms with Gasteiger partial charge in [0, 0.05) is 24.7 Å². The second-order valence-corrected chi connectivity index (χ2v) is 8.04. The first-order chi connectivity index (χ1) is 12.7. The Labute approximate surface area is 158 Å². The van der Waals surface area contributed by atoms with Gasteiger partial charge >= 0.3 is 0 Å². The van der Waals surface area contributed by atoms with E-state index in [0.29, 0.717) is 5.69 Å². The molecule has 0 aliphatic carbocycles. The fourth-order valence-corrected chi connectivity index (χ4v) is 3.53.